The van der Waals surface area contributed by atoms with Gasteiger partial charge in [-0.1, -0.05) is 5.21 Å². The molecule has 0 saturated heterocycles. The summed E-state index contributed by atoms with van der Waals surface area (Å²) in [7, 11) is 0. The lowest BCUT2D eigenvalue weighted by molar-refractivity contribution is 0.242. The molecule has 0 fully saturated rings. The van der Waals surface area contributed by atoms with Crippen molar-refractivity contribution < 1.29 is 4.74 Å². The van der Waals surface area contributed by atoms with E-state index in [-0.39, 0.29) is 6.10 Å². The number of hydrogen-bond acceptors (Lipinski definition) is 4. The van der Waals surface area contributed by atoms with Crippen LogP contribution in [0.3, 0.4) is 0 Å². The van der Waals surface area contributed by atoms with Gasteiger partial charge < -0.3 is 10.5 Å². The average molecular weight is 260 g/mol. The van der Waals surface area contributed by atoms with E-state index in [2.05, 4.69) is 10.3 Å². The van der Waals surface area contributed by atoms with E-state index in [1.165, 1.54) is 0 Å². The van der Waals surface area contributed by atoms with Gasteiger partial charge in [-0.15, -0.1) is 5.10 Å². The van der Waals surface area contributed by atoms with Crippen LogP contribution in [0, 0.1) is 0 Å². The highest BCUT2D eigenvalue weighted by Crippen LogP contribution is 2.18. The van der Waals surface area contributed by atoms with E-state index in [4.69, 9.17) is 10.5 Å². The van der Waals surface area contributed by atoms with Crippen molar-refractivity contribution in [2.24, 2.45) is 5.73 Å². The zero-order chi connectivity index (χ0) is 14.0. The first-order chi connectivity index (χ1) is 8.86. The van der Waals surface area contributed by atoms with Crippen molar-refractivity contribution in [1.29, 1.82) is 0 Å². The lowest BCUT2D eigenvalue weighted by atomic mass is 10.0. The maximum Gasteiger partial charge on any atom is 0.119 e. The van der Waals surface area contributed by atoms with Crippen molar-refractivity contribution in [2.75, 3.05) is 0 Å². The molecule has 0 atom stereocenters. The molecule has 5 nitrogen and oxygen atoms in total. The standard InChI is InChI=1S/C14H20N4O/c1-10(2)19-12-7-5-11(6-8-12)18-9-13(16-17-18)14(3,4)15/h5-10H,15H2,1-4H3. The SMILES string of the molecule is CC(C)Oc1ccc(-n2cc(C(C)(C)N)nn2)cc1. The van der Waals surface area contributed by atoms with Crippen LogP contribution in [0.1, 0.15) is 33.4 Å². The number of ether oxygens (including phenoxy) is 1. The van der Waals surface area contributed by atoms with Crippen LogP contribution in [-0.4, -0.2) is 21.1 Å². The number of aromatic nitrogens is 3. The third-order valence-electron chi connectivity index (χ3n) is 2.63. The molecule has 1 aromatic carbocycles. The van der Waals surface area contributed by atoms with Gasteiger partial charge in [0.1, 0.15) is 11.4 Å². The Morgan fingerprint density at radius 1 is 1.21 bits per heavy atom. The minimum Gasteiger partial charge on any atom is -0.491 e. The number of hydrogen-bond donors (Lipinski definition) is 1. The van der Waals surface area contributed by atoms with Crippen LogP contribution in [-0.2, 0) is 5.54 Å². The molecule has 0 spiro atoms. The Kier molecular flexibility index (Phi) is 3.57. The Balaban J connectivity index is 2.20. The smallest absolute Gasteiger partial charge is 0.119 e. The first-order valence-corrected chi connectivity index (χ1v) is 6.35. The summed E-state index contributed by atoms with van der Waals surface area (Å²) in [4.78, 5) is 0. The van der Waals surface area contributed by atoms with Gasteiger partial charge in [0.25, 0.3) is 0 Å². The average Bonchev–Trinajstić information content (AvgIpc) is 2.78. The van der Waals surface area contributed by atoms with Crippen LogP contribution in [0.5, 0.6) is 5.75 Å². The molecule has 0 aliphatic rings. The van der Waals surface area contributed by atoms with Crippen LogP contribution >= 0.6 is 0 Å². The van der Waals surface area contributed by atoms with Gasteiger partial charge in [0.2, 0.25) is 0 Å². The molecule has 102 valence electrons. The molecular formula is C14H20N4O. The summed E-state index contributed by atoms with van der Waals surface area (Å²) in [6, 6.07) is 7.73. The zero-order valence-corrected chi connectivity index (χ0v) is 11.8. The molecule has 0 radical (unpaired) electrons. The molecule has 5 heteroatoms. The molecule has 2 N–H and O–H groups in total. The Morgan fingerprint density at radius 3 is 2.32 bits per heavy atom. The minimum atomic E-state index is -0.487. The van der Waals surface area contributed by atoms with Gasteiger partial charge in [-0.2, -0.15) is 0 Å². The molecule has 1 aromatic heterocycles. The van der Waals surface area contributed by atoms with Gasteiger partial charge in [0.15, 0.2) is 0 Å². The molecule has 0 aliphatic carbocycles. The molecule has 0 bridgehead atoms. The van der Waals surface area contributed by atoms with Crippen LogP contribution in [0.4, 0.5) is 0 Å². The van der Waals surface area contributed by atoms with E-state index in [0.717, 1.165) is 17.1 Å². The number of nitrogens with zero attached hydrogens (tertiary/aromatic N) is 3. The maximum absolute atomic E-state index is 5.99. The first kappa shape index (κ1) is 13.5. The largest absolute Gasteiger partial charge is 0.491 e. The fourth-order valence-electron chi connectivity index (χ4n) is 1.63. The minimum absolute atomic E-state index is 0.168. The molecule has 1 heterocycles. The van der Waals surface area contributed by atoms with Crippen LogP contribution in [0.15, 0.2) is 30.5 Å². The number of rotatable bonds is 4. The van der Waals surface area contributed by atoms with Crippen molar-refractivity contribution in [3.8, 4) is 11.4 Å². The van der Waals surface area contributed by atoms with Crippen molar-refractivity contribution in [3.63, 3.8) is 0 Å². The maximum atomic E-state index is 5.99. The highest BCUT2D eigenvalue weighted by Gasteiger charge is 2.18. The zero-order valence-electron chi connectivity index (χ0n) is 11.8. The van der Waals surface area contributed by atoms with E-state index in [0.29, 0.717) is 0 Å². The van der Waals surface area contributed by atoms with E-state index in [1.54, 1.807) is 4.68 Å². The number of benzene rings is 1. The van der Waals surface area contributed by atoms with Gasteiger partial charge >= 0.3 is 0 Å². The predicted molar refractivity (Wildman–Crippen MR) is 74.3 cm³/mol. The second kappa shape index (κ2) is 5.01. The monoisotopic (exact) mass is 260 g/mol. The summed E-state index contributed by atoms with van der Waals surface area (Å²) in [5.74, 6) is 0.846. The Morgan fingerprint density at radius 2 is 1.84 bits per heavy atom. The molecule has 0 aliphatic heterocycles. The van der Waals surface area contributed by atoms with E-state index in [1.807, 2.05) is 58.2 Å². The van der Waals surface area contributed by atoms with E-state index >= 15 is 0 Å². The quantitative estimate of drug-likeness (QED) is 0.915. The molecule has 0 saturated carbocycles. The molecule has 2 rings (SSSR count). The molecule has 2 aromatic rings. The topological polar surface area (TPSA) is 66.0 Å². The summed E-state index contributed by atoms with van der Waals surface area (Å²) < 4.78 is 7.31. The third-order valence-corrected chi connectivity index (χ3v) is 2.63. The lowest BCUT2D eigenvalue weighted by Crippen LogP contribution is -2.29. The highest BCUT2D eigenvalue weighted by molar-refractivity contribution is 5.37. The van der Waals surface area contributed by atoms with Gasteiger partial charge in [0, 0.05) is 0 Å². The fraction of sp³-hybridized carbons (Fsp3) is 0.429. The first-order valence-electron chi connectivity index (χ1n) is 6.35. The molecule has 0 amide bonds. The van der Waals surface area contributed by atoms with E-state index in [9.17, 15) is 0 Å². The fourth-order valence-corrected chi connectivity index (χ4v) is 1.63. The Bertz CT molecular complexity index is 537. The van der Waals surface area contributed by atoms with Gasteiger partial charge in [-0.25, -0.2) is 4.68 Å². The normalized spacial score (nSPS) is 11.9. The predicted octanol–water partition coefficient (Wildman–Crippen LogP) is 2.25. The second-order valence-electron chi connectivity index (χ2n) is 5.43. The van der Waals surface area contributed by atoms with Crippen LogP contribution < -0.4 is 10.5 Å². The van der Waals surface area contributed by atoms with Gasteiger partial charge in [0.05, 0.1) is 23.5 Å². The molecule has 19 heavy (non-hydrogen) atoms. The van der Waals surface area contributed by atoms with Crippen molar-refractivity contribution >= 4 is 0 Å². The third kappa shape index (κ3) is 3.32. The van der Waals surface area contributed by atoms with Crippen molar-refractivity contribution in [2.45, 2.75) is 39.3 Å². The Labute approximate surface area is 113 Å². The summed E-state index contributed by atoms with van der Waals surface area (Å²) in [6.07, 6.45) is 2.01. The Hall–Kier alpha value is -1.88. The molecule has 0 unspecified atom stereocenters. The second-order valence-corrected chi connectivity index (χ2v) is 5.43. The van der Waals surface area contributed by atoms with E-state index < -0.39 is 5.54 Å². The number of nitrogens with two attached hydrogens (primary N) is 1. The van der Waals surface area contributed by atoms with Gasteiger partial charge in [-0.3, -0.25) is 0 Å². The lowest BCUT2D eigenvalue weighted by Gasteiger charge is -2.13. The van der Waals surface area contributed by atoms with Crippen LogP contribution in [0.2, 0.25) is 0 Å². The summed E-state index contributed by atoms with van der Waals surface area (Å²) in [5, 5.41) is 8.18. The summed E-state index contributed by atoms with van der Waals surface area (Å²) in [6.45, 7) is 7.81. The highest BCUT2D eigenvalue weighted by atomic mass is 16.5. The van der Waals surface area contributed by atoms with Crippen LogP contribution in [0.25, 0.3) is 5.69 Å². The van der Waals surface area contributed by atoms with Crippen molar-refractivity contribution in [3.05, 3.63) is 36.2 Å². The summed E-state index contributed by atoms with van der Waals surface area (Å²) in [5.41, 5.74) is 7.19. The van der Waals surface area contributed by atoms with Crippen molar-refractivity contribution in [1.82, 2.24) is 15.0 Å². The van der Waals surface area contributed by atoms with Gasteiger partial charge in [-0.05, 0) is 52.0 Å². The molecular weight excluding hydrogens is 240 g/mol. The summed E-state index contributed by atoms with van der Waals surface area (Å²) >= 11 is 0.